The summed E-state index contributed by atoms with van der Waals surface area (Å²) in [4.78, 5) is 11.6. The van der Waals surface area contributed by atoms with Crippen LogP contribution < -0.4 is 0 Å². The van der Waals surface area contributed by atoms with Gasteiger partial charge in [0.25, 0.3) is 0 Å². The van der Waals surface area contributed by atoms with Crippen LogP contribution in [0.3, 0.4) is 0 Å². The Bertz CT molecular complexity index is 361. The lowest BCUT2D eigenvalue weighted by atomic mass is 9.99. The molecule has 0 unspecified atom stereocenters. The summed E-state index contributed by atoms with van der Waals surface area (Å²) in [7, 11) is 0. The summed E-state index contributed by atoms with van der Waals surface area (Å²) in [6.07, 6.45) is -5.28. The molecule has 0 aliphatic carbocycles. The van der Waals surface area contributed by atoms with Crippen LogP contribution in [0.1, 0.15) is 32.6 Å². The quantitative estimate of drug-likeness (QED) is 0.229. The number of hydrogen-bond donors (Lipinski definition) is 5. The number of hydrogen-bond acceptors (Lipinski definition) is 9. The van der Waals surface area contributed by atoms with Crippen LogP contribution in [0.15, 0.2) is 0 Å². The molecule has 0 spiro atoms. The van der Waals surface area contributed by atoms with E-state index in [1.807, 2.05) is 6.92 Å². The first kappa shape index (κ1) is 21.2. The van der Waals surface area contributed by atoms with Crippen molar-refractivity contribution in [2.45, 2.75) is 69.4 Å². The van der Waals surface area contributed by atoms with Gasteiger partial charge in [-0.15, -0.1) is 0 Å². The number of rotatable bonds is 10. The fourth-order valence-corrected chi connectivity index (χ4v) is 2.27. The van der Waals surface area contributed by atoms with E-state index in [9.17, 15) is 20.1 Å². The van der Waals surface area contributed by atoms with Gasteiger partial charge in [0.1, 0.15) is 37.1 Å². The van der Waals surface area contributed by atoms with Gasteiger partial charge >= 0.3 is 5.97 Å². The average molecular weight is 352 g/mol. The van der Waals surface area contributed by atoms with Gasteiger partial charge in [0, 0.05) is 6.42 Å². The van der Waals surface area contributed by atoms with E-state index in [4.69, 9.17) is 24.4 Å². The Morgan fingerprint density at radius 3 is 2.33 bits per heavy atom. The fourth-order valence-electron chi connectivity index (χ4n) is 2.27. The molecule has 1 saturated heterocycles. The van der Waals surface area contributed by atoms with Crippen LogP contribution in [-0.2, 0) is 19.0 Å². The van der Waals surface area contributed by atoms with E-state index in [1.54, 1.807) is 0 Å². The van der Waals surface area contributed by atoms with Crippen LogP contribution in [0.25, 0.3) is 0 Å². The minimum absolute atomic E-state index is 0.249. The number of unbranched alkanes of at least 4 members (excludes halogenated alkanes) is 2. The maximum absolute atomic E-state index is 11.6. The van der Waals surface area contributed by atoms with E-state index in [2.05, 4.69) is 0 Å². The van der Waals surface area contributed by atoms with Crippen molar-refractivity contribution in [3.8, 4) is 0 Å². The molecule has 1 aliphatic rings. The van der Waals surface area contributed by atoms with Gasteiger partial charge in [0.2, 0.25) is 0 Å². The zero-order valence-electron chi connectivity index (χ0n) is 13.8. The lowest BCUT2D eigenvalue weighted by molar-refractivity contribution is -0.315. The molecule has 1 heterocycles. The topological polar surface area (TPSA) is 146 Å². The number of aliphatic hydroxyl groups is 5. The van der Waals surface area contributed by atoms with Crippen molar-refractivity contribution in [1.29, 1.82) is 0 Å². The molecule has 142 valence electrons. The molecule has 5 N–H and O–H groups in total. The second kappa shape index (κ2) is 10.9. The second-order valence-electron chi connectivity index (χ2n) is 5.78. The third-order valence-corrected chi connectivity index (χ3v) is 3.80. The minimum Gasteiger partial charge on any atom is -0.463 e. The number of aliphatic hydroxyl groups excluding tert-OH is 5. The Morgan fingerprint density at radius 1 is 1.08 bits per heavy atom. The molecule has 1 rings (SSSR count). The number of ether oxygens (including phenoxy) is 3. The van der Waals surface area contributed by atoms with E-state index in [0.29, 0.717) is 6.42 Å². The van der Waals surface area contributed by atoms with Crippen molar-refractivity contribution < 1.29 is 44.5 Å². The first-order valence-electron chi connectivity index (χ1n) is 8.17. The molecular weight excluding hydrogens is 324 g/mol. The second-order valence-corrected chi connectivity index (χ2v) is 5.78. The molecule has 0 bridgehead atoms. The smallest absolute Gasteiger partial charge is 0.305 e. The summed E-state index contributed by atoms with van der Waals surface area (Å²) < 4.78 is 15.5. The van der Waals surface area contributed by atoms with Crippen molar-refractivity contribution in [2.75, 3.05) is 19.8 Å². The van der Waals surface area contributed by atoms with Crippen molar-refractivity contribution >= 4 is 5.97 Å². The highest BCUT2D eigenvalue weighted by molar-refractivity contribution is 5.69. The third kappa shape index (κ3) is 6.25. The van der Waals surface area contributed by atoms with Gasteiger partial charge in [-0.1, -0.05) is 19.8 Å². The highest BCUT2D eigenvalue weighted by Gasteiger charge is 2.45. The summed E-state index contributed by atoms with van der Waals surface area (Å²) in [5, 5.41) is 47.6. The molecule has 9 heteroatoms. The Morgan fingerprint density at radius 2 is 1.75 bits per heavy atom. The molecule has 24 heavy (non-hydrogen) atoms. The van der Waals surface area contributed by atoms with Crippen LogP contribution in [0, 0.1) is 0 Å². The lowest BCUT2D eigenvalue weighted by Gasteiger charge is -2.40. The van der Waals surface area contributed by atoms with Crippen molar-refractivity contribution in [3.05, 3.63) is 0 Å². The Labute approximate surface area is 140 Å². The standard InChI is InChI=1S/C15H28O9/c1-2-3-4-5-11(18)22-8-10-12(19)13(20)14(21)15(24-10)23-9(6-16)7-17/h9-10,12-17,19-21H,2-8H2,1H3/t10-,12-,13+,14-,15-/m1/s1. The van der Waals surface area contributed by atoms with Crippen molar-refractivity contribution in [1.82, 2.24) is 0 Å². The molecule has 0 amide bonds. The van der Waals surface area contributed by atoms with Gasteiger partial charge in [0.15, 0.2) is 6.29 Å². The van der Waals surface area contributed by atoms with Crippen molar-refractivity contribution in [2.24, 2.45) is 0 Å². The van der Waals surface area contributed by atoms with Crippen LogP contribution in [0.5, 0.6) is 0 Å². The minimum atomic E-state index is -1.58. The molecule has 9 nitrogen and oxygen atoms in total. The number of carbonyl (C=O) groups is 1. The van der Waals surface area contributed by atoms with Gasteiger partial charge < -0.3 is 39.7 Å². The predicted octanol–water partition coefficient (Wildman–Crippen LogP) is -1.71. The van der Waals surface area contributed by atoms with Crippen LogP contribution in [-0.4, -0.2) is 88.1 Å². The fraction of sp³-hybridized carbons (Fsp3) is 0.933. The van der Waals surface area contributed by atoms with Gasteiger partial charge in [-0.2, -0.15) is 0 Å². The van der Waals surface area contributed by atoms with E-state index >= 15 is 0 Å². The predicted molar refractivity (Wildman–Crippen MR) is 80.8 cm³/mol. The molecule has 0 aromatic heterocycles. The van der Waals surface area contributed by atoms with Crippen LogP contribution in [0.2, 0.25) is 0 Å². The highest BCUT2D eigenvalue weighted by Crippen LogP contribution is 2.23. The van der Waals surface area contributed by atoms with Gasteiger partial charge in [0.05, 0.1) is 13.2 Å². The van der Waals surface area contributed by atoms with Gasteiger partial charge in [-0.25, -0.2) is 0 Å². The molecule has 0 radical (unpaired) electrons. The zero-order valence-corrected chi connectivity index (χ0v) is 13.8. The molecular formula is C15H28O9. The van der Waals surface area contributed by atoms with Crippen LogP contribution >= 0.6 is 0 Å². The monoisotopic (exact) mass is 352 g/mol. The molecule has 1 fully saturated rings. The maximum atomic E-state index is 11.6. The first-order valence-corrected chi connectivity index (χ1v) is 8.17. The molecule has 0 aromatic carbocycles. The Balaban J connectivity index is 2.54. The van der Waals surface area contributed by atoms with Gasteiger partial charge in [-0.3, -0.25) is 4.79 Å². The van der Waals surface area contributed by atoms with E-state index < -0.39 is 56.0 Å². The van der Waals surface area contributed by atoms with Crippen LogP contribution in [0.4, 0.5) is 0 Å². The molecule has 0 aromatic rings. The van der Waals surface area contributed by atoms with Crippen molar-refractivity contribution in [3.63, 3.8) is 0 Å². The average Bonchev–Trinajstić information content (AvgIpc) is 2.58. The first-order chi connectivity index (χ1) is 11.4. The highest BCUT2D eigenvalue weighted by atomic mass is 16.7. The Hall–Kier alpha value is -0.810. The van der Waals surface area contributed by atoms with E-state index in [1.165, 1.54) is 0 Å². The normalized spacial score (nSPS) is 30.5. The molecule has 0 saturated carbocycles. The summed E-state index contributed by atoms with van der Waals surface area (Å²) in [6, 6.07) is 0. The van der Waals surface area contributed by atoms with E-state index in [0.717, 1.165) is 12.8 Å². The SMILES string of the molecule is CCCCCC(=O)OC[C@H]1O[C@@H](OC(CO)CO)[C@H](O)[C@@H](O)[C@@H]1O. The van der Waals surface area contributed by atoms with E-state index in [-0.39, 0.29) is 13.0 Å². The maximum Gasteiger partial charge on any atom is 0.305 e. The molecule has 1 aliphatic heterocycles. The summed E-state index contributed by atoms with van der Waals surface area (Å²) >= 11 is 0. The molecule has 5 atom stereocenters. The largest absolute Gasteiger partial charge is 0.463 e. The summed E-state index contributed by atoms with van der Waals surface area (Å²) in [6.45, 7) is 0.673. The summed E-state index contributed by atoms with van der Waals surface area (Å²) in [5.74, 6) is -0.444. The Kier molecular flexibility index (Phi) is 9.67. The summed E-state index contributed by atoms with van der Waals surface area (Å²) in [5.41, 5.74) is 0. The number of carbonyl (C=O) groups excluding carboxylic acids is 1. The third-order valence-electron chi connectivity index (χ3n) is 3.80. The zero-order chi connectivity index (χ0) is 18.1. The lowest BCUT2D eigenvalue weighted by Crippen LogP contribution is -2.60. The van der Waals surface area contributed by atoms with Gasteiger partial charge in [-0.05, 0) is 6.42 Å². The number of esters is 1.